The summed E-state index contributed by atoms with van der Waals surface area (Å²) in [6, 6.07) is 18.7. The maximum absolute atomic E-state index is 12.4. The van der Waals surface area contributed by atoms with Crippen molar-refractivity contribution in [1.82, 2.24) is 14.9 Å². The molecule has 2 N–H and O–H groups in total. The molecule has 5 nitrogen and oxygen atoms in total. The summed E-state index contributed by atoms with van der Waals surface area (Å²) in [5.41, 5.74) is 2.06. The molecule has 0 aliphatic carbocycles. The van der Waals surface area contributed by atoms with Gasteiger partial charge in [-0.3, -0.25) is 9.36 Å². The predicted molar refractivity (Wildman–Crippen MR) is 87.3 cm³/mol. The van der Waals surface area contributed by atoms with Crippen LogP contribution in [0.5, 0.6) is 0 Å². The highest BCUT2D eigenvalue weighted by Gasteiger charge is 2.15. The Morgan fingerprint density at radius 3 is 2.43 bits per heavy atom. The van der Waals surface area contributed by atoms with Gasteiger partial charge in [0.05, 0.1) is 18.6 Å². The van der Waals surface area contributed by atoms with Gasteiger partial charge in [-0.15, -0.1) is 0 Å². The quantitative estimate of drug-likeness (QED) is 0.760. The summed E-state index contributed by atoms with van der Waals surface area (Å²) in [6.07, 6.45) is 2.36. The number of aliphatic hydroxyl groups excluding tert-OH is 1. The van der Waals surface area contributed by atoms with E-state index < -0.39 is 6.10 Å². The number of aromatic nitrogens is 2. The second kappa shape index (κ2) is 6.89. The van der Waals surface area contributed by atoms with Gasteiger partial charge in [-0.05, 0) is 17.7 Å². The second-order valence-electron chi connectivity index (χ2n) is 5.12. The first-order chi connectivity index (χ1) is 11.3. The maximum atomic E-state index is 12.4. The fraction of sp³-hybridized carbons (Fsp3) is 0.111. The van der Waals surface area contributed by atoms with Gasteiger partial charge < -0.3 is 10.4 Å². The number of rotatable bonds is 5. The lowest BCUT2D eigenvalue weighted by atomic mass is 10.1. The molecule has 0 saturated heterocycles. The van der Waals surface area contributed by atoms with Crippen molar-refractivity contribution in [2.24, 2.45) is 0 Å². The second-order valence-corrected chi connectivity index (χ2v) is 5.12. The molecular formula is C18H17N3O2. The molecular weight excluding hydrogens is 290 g/mol. The van der Waals surface area contributed by atoms with Crippen LogP contribution < -0.4 is 5.32 Å². The number of carbonyl (C=O) groups excluding carboxylic acids is 1. The van der Waals surface area contributed by atoms with Crippen molar-refractivity contribution in [3.8, 4) is 5.69 Å². The Kier molecular flexibility index (Phi) is 4.49. The highest BCUT2D eigenvalue weighted by Crippen LogP contribution is 2.13. The van der Waals surface area contributed by atoms with Crippen molar-refractivity contribution in [3.63, 3.8) is 0 Å². The van der Waals surface area contributed by atoms with E-state index >= 15 is 0 Å². The van der Waals surface area contributed by atoms with E-state index in [1.807, 2.05) is 60.7 Å². The van der Waals surface area contributed by atoms with Crippen LogP contribution in [0.2, 0.25) is 0 Å². The molecule has 1 atom stereocenters. The third-order valence-corrected chi connectivity index (χ3v) is 3.55. The summed E-state index contributed by atoms with van der Waals surface area (Å²) >= 11 is 0. The molecule has 3 rings (SSSR count). The van der Waals surface area contributed by atoms with E-state index in [0.29, 0.717) is 5.69 Å². The average Bonchev–Trinajstić information content (AvgIpc) is 3.11. The van der Waals surface area contributed by atoms with Crippen LogP contribution in [0.15, 0.2) is 73.2 Å². The van der Waals surface area contributed by atoms with Gasteiger partial charge in [0.25, 0.3) is 5.91 Å². The smallest absolute Gasteiger partial charge is 0.270 e. The first kappa shape index (κ1) is 15.0. The third-order valence-electron chi connectivity index (χ3n) is 3.55. The Morgan fingerprint density at radius 1 is 1.09 bits per heavy atom. The first-order valence-electron chi connectivity index (χ1n) is 7.34. The number of amides is 1. The number of nitrogens with one attached hydrogen (secondary N) is 1. The SMILES string of the molecule is O=C(NCC(O)c1ccccc1)c1cncn1-c1ccccc1. The van der Waals surface area contributed by atoms with Crippen molar-refractivity contribution in [2.75, 3.05) is 6.54 Å². The van der Waals surface area contributed by atoms with Crippen LogP contribution in [-0.4, -0.2) is 27.1 Å². The monoisotopic (exact) mass is 307 g/mol. The molecule has 0 aliphatic heterocycles. The highest BCUT2D eigenvalue weighted by atomic mass is 16.3. The fourth-order valence-corrected chi connectivity index (χ4v) is 2.33. The predicted octanol–water partition coefficient (Wildman–Crippen LogP) is 2.34. The Labute approximate surface area is 134 Å². The van der Waals surface area contributed by atoms with Crippen molar-refractivity contribution in [3.05, 3.63) is 84.4 Å². The molecule has 0 saturated carbocycles. The molecule has 1 aromatic heterocycles. The minimum atomic E-state index is -0.742. The van der Waals surface area contributed by atoms with E-state index in [4.69, 9.17) is 0 Å². The number of nitrogens with zero attached hydrogens (tertiary/aromatic N) is 2. The van der Waals surface area contributed by atoms with E-state index in [1.165, 1.54) is 6.20 Å². The topological polar surface area (TPSA) is 67.2 Å². The van der Waals surface area contributed by atoms with E-state index in [-0.39, 0.29) is 12.5 Å². The largest absolute Gasteiger partial charge is 0.387 e. The van der Waals surface area contributed by atoms with Crippen LogP contribution in [0.1, 0.15) is 22.2 Å². The van der Waals surface area contributed by atoms with Crippen LogP contribution in [0.3, 0.4) is 0 Å². The third kappa shape index (κ3) is 3.46. The van der Waals surface area contributed by atoms with Gasteiger partial charge in [-0.1, -0.05) is 48.5 Å². The molecule has 3 aromatic rings. The fourth-order valence-electron chi connectivity index (χ4n) is 2.33. The molecule has 0 aliphatic rings. The molecule has 23 heavy (non-hydrogen) atoms. The summed E-state index contributed by atoms with van der Waals surface area (Å²) in [4.78, 5) is 16.4. The van der Waals surface area contributed by atoms with E-state index in [9.17, 15) is 9.90 Å². The Hall–Kier alpha value is -2.92. The van der Waals surface area contributed by atoms with Crippen molar-refractivity contribution < 1.29 is 9.90 Å². The molecule has 0 fully saturated rings. The lowest BCUT2D eigenvalue weighted by Gasteiger charge is -2.13. The van der Waals surface area contributed by atoms with Crippen molar-refractivity contribution in [2.45, 2.75) is 6.10 Å². The average molecular weight is 307 g/mol. The summed E-state index contributed by atoms with van der Waals surface area (Å²) in [5, 5.41) is 12.9. The standard InChI is InChI=1S/C18H17N3O2/c22-17(14-7-3-1-4-8-14)12-20-18(23)16-11-19-13-21(16)15-9-5-2-6-10-15/h1-11,13,17,22H,12H2,(H,20,23). The molecule has 116 valence electrons. The molecule has 2 aromatic carbocycles. The van der Waals surface area contributed by atoms with E-state index in [0.717, 1.165) is 11.3 Å². The van der Waals surface area contributed by atoms with Crippen LogP contribution in [0.4, 0.5) is 0 Å². The number of benzene rings is 2. The summed E-state index contributed by atoms with van der Waals surface area (Å²) in [5.74, 6) is -0.277. The van der Waals surface area contributed by atoms with Gasteiger partial charge in [0, 0.05) is 12.2 Å². The van der Waals surface area contributed by atoms with E-state index in [2.05, 4.69) is 10.3 Å². The summed E-state index contributed by atoms with van der Waals surface area (Å²) in [7, 11) is 0. The first-order valence-corrected chi connectivity index (χ1v) is 7.34. The zero-order valence-corrected chi connectivity index (χ0v) is 12.5. The maximum Gasteiger partial charge on any atom is 0.270 e. The zero-order chi connectivity index (χ0) is 16.1. The van der Waals surface area contributed by atoms with Gasteiger partial charge >= 0.3 is 0 Å². The molecule has 5 heteroatoms. The Balaban J connectivity index is 1.69. The van der Waals surface area contributed by atoms with Gasteiger partial charge in [-0.2, -0.15) is 0 Å². The number of hydrogen-bond donors (Lipinski definition) is 2. The lowest BCUT2D eigenvalue weighted by Crippen LogP contribution is -2.29. The van der Waals surface area contributed by atoms with Crippen LogP contribution in [-0.2, 0) is 0 Å². The zero-order valence-electron chi connectivity index (χ0n) is 12.5. The van der Waals surface area contributed by atoms with Gasteiger partial charge in [0.1, 0.15) is 5.69 Å². The molecule has 0 spiro atoms. The number of hydrogen-bond acceptors (Lipinski definition) is 3. The molecule has 1 heterocycles. The van der Waals surface area contributed by atoms with Crippen LogP contribution >= 0.6 is 0 Å². The van der Waals surface area contributed by atoms with Crippen molar-refractivity contribution >= 4 is 5.91 Å². The minimum Gasteiger partial charge on any atom is -0.387 e. The molecule has 0 bridgehead atoms. The number of aliphatic hydroxyl groups is 1. The van der Waals surface area contributed by atoms with Crippen LogP contribution in [0.25, 0.3) is 5.69 Å². The number of para-hydroxylation sites is 1. The lowest BCUT2D eigenvalue weighted by molar-refractivity contribution is 0.0909. The normalized spacial score (nSPS) is 11.9. The number of imidazole rings is 1. The Morgan fingerprint density at radius 2 is 1.74 bits per heavy atom. The summed E-state index contributed by atoms with van der Waals surface area (Å²) < 4.78 is 1.71. The van der Waals surface area contributed by atoms with Gasteiger partial charge in [-0.25, -0.2) is 4.98 Å². The Bertz CT molecular complexity index is 769. The summed E-state index contributed by atoms with van der Waals surface area (Å²) in [6.45, 7) is 0.142. The van der Waals surface area contributed by atoms with Crippen LogP contribution in [0, 0.1) is 0 Å². The molecule has 1 unspecified atom stereocenters. The number of carbonyl (C=O) groups is 1. The van der Waals surface area contributed by atoms with Crippen molar-refractivity contribution in [1.29, 1.82) is 0 Å². The molecule has 0 radical (unpaired) electrons. The van der Waals surface area contributed by atoms with Gasteiger partial charge in [0.15, 0.2) is 0 Å². The van der Waals surface area contributed by atoms with E-state index in [1.54, 1.807) is 10.9 Å². The minimum absolute atomic E-state index is 0.142. The molecule has 1 amide bonds. The highest BCUT2D eigenvalue weighted by molar-refractivity contribution is 5.93. The van der Waals surface area contributed by atoms with Gasteiger partial charge in [0.2, 0.25) is 0 Å².